The van der Waals surface area contributed by atoms with E-state index >= 15 is 0 Å². The standard InChI is InChI=1S/C47H52N10O6/c58-40-15-14-39(47(62)53-40)33-6-12-38(13-7-33)63-28-43(61)55-18-16-32(17-19-55)25-42(60)56-22-20-54(21-23-56)36-10-8-34(9-11-36)52-45-44-46(49-29-48-45)57(30-50-44)37-26-35(27-37)51-41(59)24-31-4-2-1-3-5-31/h1-13,29-30,32,35,37,39H,14-28H2,(H,51,59)(H,48,49,52)(H,53,58,62)/t35?,37?,39-/m0/s1. The summed E-state index contributed by atoms with van der Waals surface area (Å²) >= 11 is 0. The summed E-state index contributed by atoms with van der Waals surface area (Å²) in [6, 6.07) is 25.4. The molecule has 1 saturated carbocycles. The van der Waals surface area contributed by atoms with Crippen LogP contribution >= 0.6 is 0 Å². The van der Waals surface area contributed by atoms with E-state index in [-0.39, 0.29) is 60.1 Å². The summed E-state index contributed by atoms with van der Waals surface area (Å²) in [5, 5.41) is 8.96. The van der Waals surface area contributed by atoms with Crippen molar-refractivity contribution in [2.45, 2.75) is 69.4 Å². The summed E-state index contributed by atoms with van der Waals surface area (Å²) in [7, 11) is 0. The fourth-order valence-electron chi connectivity index (χ4n) is 9.12. The van der Waals surface area contributed by atoms with E-state index in [2.05, 4.69) is 52.5 Å². The van der Waals surface area contributed by atoms with Crippen molar-refractivity contribution in [2.75, 3.05) is 56.1 Å². The number of piperazine rings is 1. The molecule has 63 heavy (non-hydrogen) atoms. The number of carbonyl (C=O) groups excluding carboxylic acids is 5. The van der Waals surface area contributed by atoms with Gasteiger partial charge in [0.15, 0.2) is 23.6 Å². The molecule has 1 atom stereocenters. The topological polar surface area (TPSA) is 184 Å². The number of carbonyl (C=O) groups is 5. The van der Waals surface area contributed by atoms with E-state index in [0.29, 0.717) is 68.9 Å². The third-order valence-electron chi connectivity index (χ3n) is 12.9. The summed E-state index contributed by atoms with van der Waals surface area (Å²) in [4.78, 5) is 82.3. The quantitative estimate of drug-likeness (QED) is 0.142. The molecule has 3 aliphatic heterocycles. The van der Waals surface area contributed by atoms with Crippen LogP contribution in [0.1, 0.15) is 68.0 Å². The first-order valence-electron chi connectivity index (χ1n) is 22.0. The van der Waals surface area contributed by atoms with Gasteiger partial charge in [-0.15, -0.1) is 0 Å². The van der Waals surface area contributed by atoms with Crippen LogP contribution in [-0.4, -0.2) is 111 Å². The van der Waals surface area contributed by atoms with E-state index in [9.17, 15) is 24.0 Å². The number of imidazole rings is 1. The molecular weight excluding hydrogens is 801 g/mol. The van der Waals surface area contributed by atoms with E-state index < -0.39 is 0 Å². The molecule has 326 valence electrons. The number of benzene rings is 3. The molecule has 3 aromatic carbocycles. The summed E-state index contributed by atoms with van der Waals surface area (Å²) in [6.07, 6.45) is 8.21. The highest BCUT2D eigenvalue weighted by Gasteiger charge is 2.34. The first-order chi connectivity index (χ1) is 30.7. The van der Waals surface area contributed by atoms with Gasteiger partial charge in [0.2, 0.25) is 23.6 Å². The number of nitrogens with one attached hydrogen (secondary N) is 3. The van der Waals surface area contributed by atoms with E-state index in [4.69, 9.17) is 4.74 Å². The zero-order valence-corrected chi connectivity index (χ0v) is 35.2. The molecule has 5 aromatic rings. The van der Waals surface area contributed by atoms with Crippen molar-refractivity contribution in [3.05, 3.63) is 103 Å². The zero-order valence-electron chi connectivity index (χ0n) is 35.2. The molecule has 3 saturated heterocycles. The van der Waals surface area contributed by atoms with Gasteiger partial charge in [-0.3, -0.25) is 29.3 Å². The fourth-order valence-corrected chi connectivity index (χ4v) is 9.12. The van der Waals surface area contributed by atoms with Crippen LogP contribution in [0.15, 0.2) is 91.5 Å². The number of nitrogens with zero attached hydrogens (tertiary/aromatic N) is 7. The molecule has 2 aromatic heterocycles. The lowest BCUT2D eigenvalue weighted by molar-refractivity contribution is -0.136. The van der Waals surface area contributed by atoms with Crippen molar-refractivity contribution in [2.24, 2.45) is 5.92 Å². The zero-order chi connectivity index (χ0) is 43.3. The molecule has 0 spiro atoms. The highest BCUT2D eigenvalue weighted by molar-refractivity contribution is 6.01. The number of fused-ring (bicyclic) bond motifs is 1. The number of rotatable bonds is 13. The average molecular weight is 853 g/mol. The van der Waals surface area contributed by atoms with Crippen molar-refractivity contribution in [3.8, 4) is 5.75 Å². The lowest BCUT2D eigenvalue weighted by atomic mass is 9.86. The van der Waals surface area contributed by atoms with Gasteiger partial charge >= 0.3 is 0 Å². The van der Waals surface area contributed by atoms with Crippen molar-refractivity contribution in [1.29, 1.82) is 0 Å². The van der Waals surface area contributed by atoms with Gasteiger partial charge in [0.25, 0.3) is 5.91 Å². The molecule has 0 bridgehead atoms. The molecule has 5 heterocycles. The summed E-state index contributed by atoms with van der Waals surface area (Å²) < 4.78 is 7.85. The Kier molecular flexibility index (Phi) is 12.3. The van der Waals surface area contributed by atoms with Crippen LogP contribution in [0.2, 0.25) is 0 Å². The number of hydrogen-bond donors (Lipinski definition) is 3. The second-order valence-electron chi connectivity index (χ2n) is 17.0. The fraction of sp³-hybridized carbons (Fsp3) is 0.404. The van der Waals surface area contributed by atoms with E-state index in [1.165, 1.54) is 0 Å². The van der Waals surface area contributed by atoms with Crippen molar-refractivity contribution < 1.29 is 28.7 Å². The van der Waals surface area contributed by atoms with E-state index in [1.54, 1.807) is 30.6 Å². The second kappa shape index (κ2) is 18.6. The molecule has 1 aliphatic carbocycles. The predicted molar refractivity (Wildman–Crippen MR) is 235 cm³/mol. The largest absolute Gasteiger partial charge is 0.484 e. The number of likely N-dealkylation sites (tertiary alicyclic amines) is 1. The maximum Gasteiger partial charge on any atom is 0.260 e. The molecule has 16 heteroatoms. The summed E-state index contributed by atoms with van der Waals surface area (Å²) in [5.74, 6) is 0.632. The van der Waals surface area contributed by atoms with Gasteiger partial charge in [-0.1, -0.05) is 42.5 Å². The molecule has 5 amide bonds. The van der Waals surface area contributed by atoms with Crippen LogP contribution in [0.25, 0.3) is 11.2 Å². The Bertz CT molecular complexity index is 2440. The highest BCUT2D eigenvalue weighted by atomic mass is 16.5. The Balaban J connectivity index is 0.682. The summed E-state index contributed by atoms with van der Waals surface area (Å²) in [6.45, 7) is 3.91. The van der Waals surface area contributed by atoms with Crippen LogP contribution in [0.5, 0.6) is 5.75 Å². The van der Waals surface area contributed by atoms with Gasteiger partial charge in [-0.05, 0) is 85.5 Å². The number of anilines is 3. The highest BCUT2D eigenvalue weighted by Crippen LogP contribution is 2.35. The Morgan fingerprint density at radius 1 is 0.778 bits per heavy atom. The Labute approximate surface area is 365 Å². The minimum atomic E-state index is -0.366. The predicted octanol–water partition coefficient (Wildman–Crippen LogP) is 4.51. The van der Waals surface area contributed by atoms with Crippen LogP contribution in [0, 0.1) is 5.92 Å². The molecule has 4 fully saturated rings. The minimum absolute atomic E-state index is 0.0362. The maximum absolute atomic E-state index is 13.4. The third-order valence-corrected chi connectivity index (χ3v) is 12.9. The van der Waals surface area contributed by atoms with Gasteiger partial charge in [0.05, 0.1) is 18.7 Å². The van der Waals surface area contributed by atoms with Gasteiger partial charge < -0.3 is 34.6 Å². The van der Waals surface area contributed by atoms with Crippen molar-refractivity contribution in [1.82, 2.24) is 40.0 Å². The van der Waals surface area contributed by atoms with E-state index in [1.807, 2.05) is 58.6 Å². The van der Waals surface area contributed by atoms with Gasteiger partial charge in [-0.25, -0.2) is 15.0 Å². The van der Waals surface area contributed by atoms with Crippen molar-refractivity contribution in [3.63, 3.8) is 0 Å². The van der Waals surface area contributed by atoms with Gasteiger partial charge in [-0.2, -0.15) is 0 Å². The number of ether oxygens (including phenoxy) is 1. The molecule has 4 aliphatic rings. The number of piperidine rings is 2. The van der Waals surface area contributed by atoms with Crippen molar-refractivity contribution >= 4 is 57.9 Å². The number of imide groups is 1. The Morgan fingerprint density at radius 3 is 2.24 bits per heavy atom. The maximum atomic E-state index is 13.4. The monoisotopic (exact) mass is 852 g/mol. The molecule has 9 rings (SSSR count). The lowest BCUT2D eigenvalue weighted by Gasteiger charge is -2.37. The molecule has 0 unspecified atom stereocenters. The normalized spacial score (nSPS) is 20.5. The van der Waals surface area contributed by atoms with Gasteiger partial charge in [0.1, 0.15) is 12.1 Å². The first-order valence-corrected chi connectivity index (χ1v) is 22.0. The number of amides is 5. The van der Waals surface area contributed by atoms with Gasteiger partial charge in [0, 0.05) is 75.6 Å². The number of hydrogen-bond acceptors (Lipinski definition) is 11. The SMILES string of the molecule is O=C1CC[C@@H](c2ccc(OCC(=O)N3CCC(CC(=O)N4CCN(c5ccc(Nc6ncnc7c6ncn7C6CC(NC(=O)Cc7ccccc7)C6)cc5)CC4)CC3)cc2)C(=O)N1. The smallest absolute Gasteiger partial charge is 0.260 e. The van der Waals surface area contributed by atoms with Crippen LogP contribution in [0.3, 0.4) is 0 Å². The van der Waals surface area contributed by atoms with Crippen LogP contribution in [-0.2, 0) is 30.4 Å². The summed E-state index contributed by atoms with van der Waals surface area (Å²) in [5.41, 5.74) is 5.23. The molecular formula is C47H52N10O6. The first kappa shape index (κ1) is 41.5. The van der Waals surface area contributed by atoms with E-state index in [0.717, 1.165) is 66.9 Å². The number of aromatic nitrogens is 4. The van der Waals surface area contributed by atoms with Crippen LogP contribution < -0.4 is 25.6 Å². The minimum Gasteiger partial charge on any atom is -0.484 e. The average Bonchev–Trinajstić information content (AvgIpc) is 3.72. The Morgan fingerprint density at radius 2 is 1.51 bits per heavy atom. The third kappa shape index (κ3) is 9.79. The Hall–Kier alpha value is -6.84. The molecule has 16 nitrogen and oxygen atoms in total. The van der Waals surface area contributed by atoms with Crippen LogP contribution in [0.4, 0.5) is 17.2 Å². The molecule has 3 N–H and O–H groups in total. The lowest BCUT2D eigenvalue weighted by Crippen LogP contribution is -2.49. The molecule has 0 radical (unpaired) electrons. The second-order valence-corrected chi connectivity index (χ2v) is 17.0.